The van der Waals surface area contributed by atoms with Crippen molar-refractivity contribution in [2.75, 3.05) is 0 Å². The van der Waals surface area contributed by atoms with Crippen LogP contribution in [-0.2, 0) is 0 Å². The summed E-state index contributed by atoms with van der Waals surface area (Å²) in [5.41, 5.74) is 1.43. The van der Waals surface area contributed by atoms with E-state index in [4.69, 9.17) is 0 Å². The maximum atomic E-state index is 2.53. The summed E-state index contributed by atoms with van der Waals surface area (Å²) in [7, 11) is -1.17. The van der Waals surface area contributed by atoms with Crippen LogP contribution in [0.4, 0.5) is 0 Å². The molecule has 0 bridgehead atoms. The topological polar surface area (TPSA) is 0 Å². The molecule has 110 valence electrons. The second-order valence-corrected chi connectivity index (χ2v) is 16.7. The minimum Gasteiger partial charge on any atom is -0.140 e. The fourth-order valence-corrected chi connectivity index (χ4v) is 12.3. The molecule has 0 aliphatic carbocycles. The van der Waals surface area contributed by atoms with Crippen LogP contribution in [0, 0.1) is 11.8 Å². The van der Waals surface area contributed by atoms with Gasteiger partial charge in [0.1, 0.15) is 0 Å². The van der Waals surface area contributed by atoms with Crippen molar-refractivity contribution in [1.82, 2.24) is 0 Å². The third-order valence-electron chi connectivity index (χ3n) is 3.41. The fraction of sp³-hybridized carbons (Fsp3) is 0.765. The van der Waals surface area contributed by atoms with Crippen LogP contribution in [0.5, 0.6) is 0 Å². The molecular formula is C17H35AlSi. The molecule has 0 aromatic heterocycles. The molecule has 0 atom stereocenters. The zero-order chi connectivity index (χ0) is 15.2. The van der Waals surface area contributed by atoms with Crippen molar-refractivity contribution in [2.45, 2.75) is 71.7 Å². The van der Waals surface area contributed by atoms with Gasteiger partial charge in [0, 0.05) is 0 Å². The standard InChI is InChI=1S/C9H17Si.2C4H9.Al/c1-9(2)7-6-8-10(3,4)5;2*1-4(2)3;/h6-7H,1-5H3;2*4H,1H2,2-3H3;. The van der Waals surface area contributed by atoms with Gasteiger partial charge >= 0.3 is 0 Å². The third-order valence-corrected chi connectivity index (χ3v) is 13.2. The van der Waals surface area contributed by atoms with Crippen molar-refractivity contribution in [3.05, 3.63) is 21.8 Å². The molecule has 0 fully saturated rings. The van der Waals surface area contributed by atoms with Crippen LogP contribution in [0.25, 0.3) is 0 Å². The summed E-state index contributed by atoms with van der Waals surface area (Å²) in [5.74, 6) is 1.70. The average molecular weight is 295 g/mol. The second kappa shape index (κ2) is 8.50. The summed E-state index contributed by atoms with van der Waals surface area (Å²) in [6.45, 7) is 21.6. The summed E-state index contributed by atoms with van der Waals surface area (Å²) in [6.07, 6.45) is 4.87. The van der Waals surface area contributed by atoms with Crippen molar-refractivity contribution < 1.29 is 0 Å². The Balaban J connectivity index is 5.36. The Bertz CT molecular complexity index is 305. The zero-order valence-electron chi connectivity index (χ0n) is 14.8. The van der Waals surface area contributed by atoms with E-state index in [2.05, 4.69) is 73.3 Å². The van der Waals surface area contributed by atoms with Gasteiger partial charge in [0.2, 0.25) is 0 Å². The molecule has 0 spiro atoms. The molecule has 0 aromatic carbocycles. The van der Waals surface area contributed by atoms with Gasteiger partial charge in [-0.3, -0.25) is 0 Å². The summed E-state index contributed by atoms with van der Waals surface area (Å²) in [4.78, 5) is 0. The van der Waals surface area contributed by atoms with E-state index in [9.17, 15) is 0 Å². The van der Waals surface area contributed by atoms with Crippen LogP contribution in [0.3, 0.4) is 0 Å². The second-order valence-electron chi connectivity index (χ2n) is 8.07. The maximum absolute atomic E-state index is 2.53. The lowest BCUT2D eigenvalue weighted by atomic mass is 10.3. The highest BCUT2D eigenvalue weighted by Gasteiger charge is 2.31. The highest BCUT2D eigenvalue weighted by atomic mass is 28.3. The molecule has 0 aliphatic heterocycles. The van der Waals surface area contributed by atoms with E-state index < -0.39 is 22.2 Å². The van der Waals surface area contributed by atoms with Crippen molar-refractivity contribution in [3.63, 3.8) is 0 Å². The van der Waals surface area contributed by atoms with E-state index in [-0.39, 0.29) is 0 Å². The van der Waals surface area contributed by atoms with Gasteiger partial charge in [0.05, 0.1) is 8.07 Å². The van der Waals surface area contributed by atoms with Gasteiger partial charge in [0.15, 0.2) is 0 Å². The molecular weight excluding hydrogens is 259 g/mol. The first kappa shape index (κ1) is 19.2. The molecule has 0 aliphatic rings. The minimum atomic E-state index is -1.17. The van der Waals surface area contributed by atoms with E-state index in [1.807, 2.05) is 4.06 Å². The third kappa shape index (κ3) is 8.90. The molecule has 19 heavy (non-hydrogen) atoms. The Kier molecular flexibility index (Phi) is 8.60. The van der Waals surface area contributed by atoms with Crippen molar-refractivity contribution >= 4 is 22.2 Å². The first-order valence-corrected chi connectivity index (χ1v) is 13.6. The van der Waals surface area contributed by atoms with E-state index in [0.29, 0.717) is 0 Å². The monoisotopic (exact) mass is 294 g/mol. The van der Waals surface area contributed by atoms with Crippen LogP contribution >= 0.6 is 0 Å². The first-order valence-electron chi connectivity index (χ1n) is 7.89. The first-order chi connectivity index (χ1) is 8.54. The molecule has 0 unspecified atom stereocenters. The maximum Gasteiger partial charge on any atom is 0.294 e. The quantitative estimate of drug-likeness (QED) is 0.393. The van der Waals surface area contributed by atoms with Crippen LogP contribution in [0.15, 0.2) is 21.8 Å². The summed E-state index contributed by atoms with van der Waals surface area (Å²) < 4.78 is 1.90. The van der Waals surface area contributed by atoms with Gasteiger partial charge in [-0.15, -0.1) is 4.06 Å². The van der Waals surface area contributed by atoms with Crippen LogP contribution < -0.4 is 0 Å². The largest absolute Gasteiger partial charge is 0.294 e. The predicted octanol–water partition coefficient (Wildman–Crippen LogP) is 6.10. The van der Waals surface area contributed by atoms with E-state index >= 15 is 0 Å². The van der Waals surface area contributed by atoms with E-state index in [0.717, 1.165) is 11.8 Å². The number of rotatable bonds is 7. The number of allylic oxidation sites excluding steroid dienone is 3. The molecule has 0 nitrogen and oxygen atoms in total. The normalized spacial score (nSPS) is 13.1. The Morgan fingerprint density at radius 2 is 1.32 bits per heavy atom. The van der Waals surface area contributed by atoms with Crippen LogP contribution in [-0.4, -0.2) is 22.2 Å². The lowest BCUT2D eigenvalue weighted by Gasteiger charge is -2.28. The lowest BCUT2D eigenvalue weighted by Crippen LogP contribution is -2.36. The van der Waals surface area contributed by atoms with Crippen molar-refractivity contribution in [3.8, 4) is 0 Å². The smallest absolute Gasteiger partial charge is 0.140 e. The van der Waals surface area contributed by atoms with E-state index in [1.54, 1.807) is 0 Å². The predicted molar refractivity (Wildman–Crippen MR) is 95.9 cm³/mol. The lowest BCUT2D eigenvalue weighted by molar-refractivity contribution is 0.693. The van der Waals surface area contributed by atoms with Crippen molar-refractivity contribution in [1.29, 1.82) is 0 Å². The van der Waals surface area contributed by atoms with Gasteiger partial charge in [-0.2, -0.15) is 0 Å². The van der Waals surface area contributed by atoms with Gasteiger partial charge in [-0.05, 0) is 13.8 Å². The van der Waals surface area contributed by atoms with Crippen LogP contribution in [0.2, 0.25) is 30.2 Å². The Morgan fingerprint density at radius 1 is 0.895 bits per heavy atom. The Morgan fingerprint density at radius 3 is 1.58 bits per heavy atom. The molecule has 0 saturated heterocycles. The summed E-state index contributed by atoms with van der Waals surface area (Å²) in [6, 6.07) is 0. The highest BCUT2D eigenvalue weighted by Crippen LogP contribution is 2.27. The molecule has 0 rings (SSSR count). The highest BCUT2D eigenvalue weighted by molar-refractivity contribution is 6.98. The Labute approximate surface area is 127 Å². The minimum absolute atomic E-state index is 0.770. The molecule has 2 heteroatoms. The summed E-state index contributed by atoms with van der Waals surface area (Å²) >= 11 is -0.770. The fourth-order valence-electron chi connectivity index (χ4n) is 2.74. The SMILES string of the molecule is CC(C)=C/C=[C](/[Al]([CH2]C(C)C)[CH2]C(C)C)[Si](C)(C)C. The zero-order valence-corrected chi connectivity index (χ0v) is 17.0. The molecule has 0 saturated carbocycles. The molecule has 0 aromatic rings. The average Bonchev–Trinajstić information content (AvgIpc) is 2.12. The van der Waals surface area contributed by atoms with Gasteiger partial charge < -0.3 is 0 Å². The number of hydrogen-bond donors (Lipinski definition) is 0. The van der Waals surface area contributed by atoms with Gasteiger partial charge in [-0.1, -0.05) is 87.5 Å². The van der Waals surface area contributed by atoms with Crippen molar-refractivity contribution in [2.24, 2.45) is 11.8 Å². The molecule has 0 heterocycles. The van der Waals surface area contributed by atoms with Gasteiger partial charge in [-0.25, -0.2) is 0 Å². The molecule has 0 radical (unpaired) electrons. The molecule has 0 N–H and O–H groups in total. The van der Waals surface area contributed by atoms with Gasteiger partial charge in [0.25, 0.3) is 14.1 Å². The van der Waals surface area contributed by atoms with E-state index in [1.165, 1.54) is 16.1 Å². The Hall–Kier alpha value is 0.229. The molecule has 0 amide bonds. The van der Waals surface area contributed by atoms with Crippen LogP contribution in [0.1, 0.15) is 41.5 Å². The number of hydrogen-bond acceptors (Lipinski definition) is 0. The summed E-state index contributed by atoms with van der Waals surface area (Å²) in [5, 5.41) is 2.95.